The van der Waals surface area contributed by atoms with Crippen LogP contribution in [0.25, 0.3) is 0 Å². The van der Waals surface area contributed by atoms with Crippen molar-refractivity contribution in [1.29, 1.82) is 0 Å². The van der Waals surface area contributed by atoms with Gasteiger partial charge < -0.3 is 63.7 Å². The van der Waals surface area contributed by atoms with Crippen molar-refractivity contribution in [2.75, 3.05) is 138 Å². The number of fused-ring (bicyclic) bond motifs is 1. The Balaban J connectivity index is 1.17. The van der Waals surface area contributed by atoms with Crippen LogP contribution < -0.4 is 16.0 Å². The third kappa shape index (κ3) is 22.3. The molecule has 270 valence electrons. The van der Waals surface area contributed by atoms with Crippen molar-refractivity contribution >= 4 is 23.7 Å². The Kier molecular flexibility index (Phi) is 26.5. The summed E-state index contributed by atoms with van der Waals surface area (Å²) in [7, 11) is 0. The first kappa shape index (κ1) is 40.9. The Hall–Kier alpha value is -1.31. The van der Waals surface area contributed by atoms with Gasteiger partial charge in [0, 0.05) is 24.0 Å². The maximum absolute atomic E-state index is 12.0. The number of aliphatic hydroxyl groups excluding tert-OH is 1. The van der Waals surface area contributed by atoms with Gasteiger partial charge in [-0.1, -0.05) is 6.42 Å². The smallest absolute Gasteiger partial charge is 0.315 e. The molecule has 0 aromatic heterocycles. The molecular weight excluding hydrogens is 626 g/mol. The van der Waals surface area contributed by atoms with E-state index in [0.29, 0.717) is 137 Å². The lowest BCUT2D eigenvalue weighted by atomic mass is 10.0. The van der Waals surface area contributed by atoms with Gasteiger partial charge in [0.05, 0.1) is 138 Å². The Bertz CT molecular complexity index is 745. The Morgan fingerprint density at radius 3 is 1.54 bits per heavy atom. The van der Waals surface area contributed by atoms with Crippen molar-refractivity contribution in [3.63, 3.8) is 0 Å². The molecule has 0 aromatic rings. The van der Waals surface area contributed by atoms with E-state index in [1.165, 1.54) is 0 Å². The number of carbonyl (C=O) groups is 2. The molecule has 2 aliphatic rings. The zero-order valence-electron chi connectivity index (χ0n) is 27.3. The molecule has 3 amide bonds. The summed E-state index contributed by atoms with van der Waals surface area (Å²) in [4.78, 5) is 23.5. The molecular formula is C30H57N3O12S. The van der Waals surface area contributed by atoms with E-state index in [-0.39, 0.29) is 30.6 Å². The first-order valence-electron chi connectivity index (χ1n) is 16.5. The van der Waals surface area contributed by atoms with Gasteiger partial charge in [-0.15, -0.1) is 0 Å². The summed E-state index contributed by atoms with van der Waals surface area (Å²) >= 11 is 1.90. The fourth-order valence-electron chi connectivity index (χ4n) is 4.55. The quantitative estimate of drug-likeness (QED) is 0.0527. The van der Waals surface area contributed by atoms with Crippen LogP contribution in [0.5, 0.6) is 0 Å². The summed E-state index contributed by atoms with van der Waals surface area (Å²) in [5.74, 6) is 1.00. The van der Waals surface area contributed by atoms with E-state index in [1.807, 2.05) is 11.8 Å². The van der Waals surface area contributed by atoms with Crippen molar-refractivity contribution in [2.24, 2.45) is 0 Å². The second-order valence-corrected chi connectivity index (χ2v) is 11.7. The molecule has 3 unspecified atom stereocenters. The van der Waals surface area contributed by atoms with Crippen LogP contribution in [0.15, 0.2) is 0 Å². The average Bonchev–Trinajstić information content (AvgIpc) is 3.61. The van der Waals surface area contributed by atoms with Gasteiger partial charge in [0.2, 0.25) is 5.91 Å². The predicted octanol–water partition coefficient (Wildman–Crippen LogP) is -0.0299. The van der Waals surface area contributed by atoms with E-state index < -0.39 is 0 Å². The van der Waals surface area contributed by atoms with Crippen LogP contribution in [0.3, 0.4) is 0 Å². The van der Waals surface area contributed by atoms with Gasteiger partial charge >= 0.3 is 6.03 Å². The van der Waals surface area contributed by atoms with Crippen LogP contribution in [-0.2, 0) is 47.4 Å². The van der Waals surface area contributed by atoms with Crippen LogP contribution in [-0.4, -0.2) is 172 Å². The van der Waals surface area contributed by atoms with Gasteiger partial charge in [-0.25, -0.2) is 4.79 Å². The van der Waals surface area contributed by atoms with Crippen molar-refractivity contribution in [3.8, 4) is 0 Å². The molecule has 4 N–H and O–H groups in total. The highest BCUT2D eigenvalue weighted by atomic mass is 32.2. The van der Waals surface area contributed by atoms with Crippen molar-refractivity contribution in [1.82, 2.24) is 16.0 Å². The van der Waals surface area contributed by atoms with E-state index in [9.17, 15) is 9.59 Å². The number of thioether (sulfide) groups is 1. The third-order valence-electron chi connectivity index (χ3n) is 6.86. The summed E-state index contributed by atoms with van der Waals surface area (Å²) in [6.45, 7) is 9.08. The molecule has 2 fully saturated rings. The first-order valence-corrected chi connectivity index (χ1v) is 17.5. The first-order chi connectivity index (χ1) is 22.7. The number of carbonyl (C=O) groups excluding carboxylic acids is 2. The molecule has 2 aliphatic heterocycles. The van der Waals surface area contributed by atoms with Crippen molar-refractivity contribution < 1.29 is 57.3 Å². The highest BCUT2D eigenvalue weighted by Gasteiger charge is 2.42. The SMILES string of the molecule is O=C(CCCCC1SCC2NC(=O)NC21)NCCOCCOCCOCCOCCOCCOCCOCCOCCOCCO. The van der Waals surface area contributed by atoms with Crippen molar-refractivity contribution in [3.05, 3.63) is 0 Å². The molecule has 0 radical (unpaired) electrons. The van der Waals surface area contributed by atoms with Gasteiger partial charge in [0.1, 0.15) is 0 Å². The molecule has 15 nitrogen and oxygen atoms in total. The summed E-state index contributed by atoms with van der Waals surface area (Å²) in [6, 6.07) is 0.410. The number of hydrogen-bond donors (Lipinski definition) is 4. The molecule has 3 atom stereocenters. The molecule has 0 aliphatic carbocycles. The van der Waals surface area contributed by atoms with E-state index in [2.05, 4.69) is 16.0 Å². The molecule has 0 aromatic carbocycles. The number of unbranched alkanes of at least 4 members (excludes halogenated alkanes) is 1. The number of hydrogen-bond acceptors (Lipinski definition) is 13. The number of amides is 3. The molecule has 2 rings (SSSR count). The largest absolute Gasteiger partial charge is 0.394 e. The van der Waals surface area contributed by atoms with Gasteiger partial charge in [0.15, 0.2) is 0 Å². The highest BCUT2D eigenvalue weighted by molar-refractivity contribution is 8.00. The standard InChI is InChI=1S/C30H57N3O12S/c34-6-8-38-10-12-40-14-16-42-18-20-44-22-24-45-23-21-43-19-17-41-15-13-39-11-9-37-7-5-31-28(35)4-2-1-3-27-29-26(25-46-27)32-30(36)33-29/h26-27,29,34H,1-25H2,(H,31,35)(H2,32,33,36). The highest BCUT2D eigenvalue weighted by Crippen LogP contribution is 2.33. The second kappa shape index (κ2) is 29.8. The number of rotatable bonds is 34. The van der Waals surface area contributed by atoms with Crippen molar-refractivity contribution in [2.45, 2.75) is 43.0 Å². The minimum atomic E-state index is -0.0604. The fraction of sp³-hybridized carbons (Fsp3) is 0.933. The maximum Gasteiger partial charge on any atom is 0.315 e. The number of aliphatic hydroxyl groups is 1. The van der Waals surface area contributed by atoms with E-state index in [4.69, 9.17) is 47.7 Å². The predicted molar refractivity (Wildman–Crippen MR) is 171 cm³/mol. The monoisotopic (exact) mass is 683 g/mol. The lowest BCUT2D eigenvalue weighted by molar-refractivity contribution is -0.121. The summed E-state index contributed by atoms with van der Waals surface area (Å²) in [5.41, 5.74) is 0. The maximum atomic E-state index is 12.0. The minimum absolute atomic E-state index is 0.0214. The second-order valence-electron chi connectivity index (χ2n) is 10.5. The number of ether oxygens (including phenoxy) is 9. The Labute approximate surface area is 277 Å². The zero-order chi connectivity index (χ0) is 32.8. The van der Waals surface area contributed by atoms with Gasteiger partial charge in [-0.2, -0.15) is 11.8 Å². The zero-order valence-corrected chi connectivity index (χ0v) is 28.1. The van der Waals surface area contributed by atoms with Crippen LogP contribution in [0, 0.1) is 0 Å². The summed E-state index contributed by atoms with van der Waals surface area (Å²) < 4.78 is 48.6. The lowest BCUT2D eigenvalue weighted by Crippen LogP contribution is -2.36. The van der Waals surface area contributed by atoms with E-state index in [1.54, 1.807) is 0 Å². The average molecular weight is 684 g/mol. The summed E-state index contributed by atoms with van der Waals surface area (Å²) in [6.07, 6.45) is 3.34. The van der Waals surface area contributed by atoms with E-state index >= 15 is 0 Å². The topological polar surface area (TPSA) is 174 Å². The minimum Gasteiger partial charge on any atom is -0.394 e. The summed E-state index contributed by atoms with van der Waals surface area (Å²) in [5, 5.41) is 17.9. The van der Waals surface area contributed by atoms with Crippen LogP contribution >= 0.6 is 11.8 Å². The molecule has 46 heavy (non-hydrogen) atoms. The molecule has 0 bridgehead atoms. The lowest BCUT2D eigenvalue weighted by Gasteiger charge is -2.16. The van der Waals surface area contributed by atoms with Gasteiger partial charge in [-0.3, -0.25) is 4.79 Å². The van der Waals surface area contributed by atoms with E-state index in [0.717, 1.165) is 25.0 Å². The number of nitrogens with one attached hydrogen (secondary N) is 3. The normalized spacial score (nSPS) is 18.9. The van der Waals surface area contributed by atoms with Crippen LogP contribution in [0.4, 0.5) is 4.79 Å². The Morgan fingerprint density at radius 2 is 1.09 bits per heavy atom. The third-order valence-corrected chi connectivity index (χ3v) is 8.37. The molecule has 2 heterocycles. The van der Waals surface area contributed by atoms with Crippen LogP contribution in [0.1, 0.15) is 25.7 Å². The van der Waals surface area contributed by atoms with Crippen LogP contribution in [0.2, 0.25) is 0 Å². The molecule has 0 spiro atoms. The van der Waals surface area contributed by atoms with Gasteiger partial charge in [0.25, 0.3) is 0 Å². The Morgan fingerprint density at radius 1 is 0.652 bits per heavy atom. The molecule has 16 heteroatoms. The van der Waals surface area contributed by atoms with Gasteiger partial charge in [-0.05, 0) is 12.8 Å². The fourth-order valence-corrected chi connectivity index (χ4v) is 6.09. The molecule has 0 saturated carbocycles. The number of urea groups is 1. The molecule has 2 saturated heterocycles.